The van der Waals surface area contributed by atoms with E-state index in [2.05, 4.69) is 5.48 Å². The zero-order valence-corrected chi connectivity index (χ0v) is 23.5. The molecule has 2 amide bonds. The lowest BCUT2D eigenvalue weighted by molar-refractivity contribution is 0.0189. The fourth-order valence-corrected chi connectivity index (χ4v) is 5.16. The van der Waals surface area contributed by atoms with Crippen LogP contribution in [0, 0.1) is 0 Å². The third-order valence-corrected chi connectivity index (χ3v) is 7.03. The first kappa shape index (κ1) is 26.7. The summed E-state index contributed by atoms with van der Waals surface area (Å²) in [6.45, 7) is 11.1. The van der Waals surface area contributed by atoms with Gasteiger partial charge in [0.25, 0.3) is 5.91 Å². The van der Waals surface area contributed by atoms with Crippen LogP contribution in [0.2, 0.25) is 0 Å². The smallest absolute Gasteiger partial charge is 0.419 e. The molecule has 2 aromatic carbocycles. The molecule has 3 aromatic rings. The van der Waals surface area contributed by atoms with Crippen molar-refractivity contribution in [3.8, 4) is 11.3 Å². The number of nitrogens with zero attached hydrogens (tertiary/aromatic N) is 2. The van der Waals surface area contributed by atoms with Gasteiger partial charge in [0.15, 0.2) is 0 Å². The highest BCUT2D eigenvalue weighted by atomic mass is 16.7. The fourth-order valence-electron chi connectivity index (χ4n) is 5.16. The van der Waals surface area contributed by atoms with Crippen LogP contribution in [0.4, 0.5) is 9.59 Å². The van der Waals surface area contributed by atoms with E-state index >= 15 is 0 Å². The van der Waals surface area contributed by atoms with Gasteiger partial charge in [-0.1, -0.05) is 30.3 Å². The van der Waals surface area contributed by atoms with E-state index in [1.165, 1.54) is 4.57 Å². The van der Waals surface area contributed by atoms with Crippen molar-refractivity contribution in [3.05, 3.63) is 59.2 Å². The first-order valence-electron chi connectivity index (χ1n) is 13.1. The third kappa shape index (κ3) is 4.87. The standard InChI is InChI=1S/C30H35N3O6/c1-28(2,3)38-26(35)32(7)30(15-16-30)19-13-11-18(12-14-19)24-21-17-37-31-25(34)20-9-8-10-22(23(20)21)33(24)27(36)39-29(4,5)6/h8-14H,15-17H2,1-7H3,(H,31,34). The highest BCUT2D eigenvalue weighted by molar-refractivity contribution is 6.12. The lowest BCUT2D eigenvalue weighted by Crippen LogP contribution is -2.40. The molecule has 9 nitrogen and oxygen atoms in total. The summed E-state index contributed by atoms with van der Waals surface area (Å²) in [7, 11) is 1.77. The van der Waals surface area contributed by atoms with Gasteiger partial charge < -0.3 is 14.4 Å². The van der Waals surface area contributed by atoms with Crippen LogP contribution in [0.25, 0.3) is 22.2 Å². The van der Waals surface area contributed by atoms with E-state index in [9.17, 15) is 14.4 Å². The molecule has 206 valence electrons. The summed E-state index contributed by atoms with van der Waals surface area (Å²) in [6.07, 6.45) is 0.753. The number of carbonyl (C=O) groups excluding carboxylic acids is 3. The summed E-state index contributed by atoms with van der Waals surface area (Å²) in [6, 6.07) is 13.1. The van der Waals surface area contributed by atoms with E-state index < -0.39 is 22.8 Å². The van der Waals surface area contributed by atoms with E-state index in [1.54, 1.807) is 30.1 Å². The van der Waals surface area contributed by atoms with Crippen LogP contribution in [-0.2, 0) is 26.5 Å². The highest BCUT2D eigenvalue weighted by Crippen LogP contribution is 2.51. The second-order valence-corrected chi connectivity index (χ2v) is 12.2. The van der Waals surface area contributed by atoms with Crippen molar-refractivity contribution in [2.75, 3.05) is 7.05 Å². The van der Waals surface area contributed by atoms with Gasteiger partial charge >= 0.3 is 12.2 Å². The normalized spacial score (nSPS) is 16.3. The summed E-state index contributed by atoms with van der Waals surface area (Å²) in [5.41, 5.74) is 4.78. The minimum absolute atomic E-state index is 0.0808. The Labute approximate surface area is 228 Å². The Morgan fingerprint density at radius 2 is 1.62 bits per heavy atom. The van der Waals surface area contributed by atoms with Gasteiger partial charge in [-0.2, -0.15) is 0 Å². The molecule has 0 bridgehead atoms. The Morgan fingerprint density at radius 1 is 0.974 bits per heavy atom. The van der Waals surface area contributed by atoms with Crippen LogP contribution in [-0.4, -0.2) is 45.8 Å². The van der Waals surface area contributed by atoms with Gasteiger partial charge in [0.2, 0.25) is 0 Å². The summed E-state index contributed by atoms with van der Waals surface area (Å²) < 4.78 is 12.9. The summed E-state index contributed by atoms with van der Waals surface area (Å²) >= 11 is 0. The van der Waals surface area contributed by atoms with Crippen LogP contribution < -0.4 is 5.48 Å². The van der Waals surface area contributed by atoms with Crippen molar-refractivity contribution in [3.63, 3.8) is 0 Å². The van der Waals surface area contributed by atoms with Crippen LogP contribution in [0.15, 0.2) is 42.5 Å². The van der Waals surface area contributed by atoms with E-state index in [-0.39, 0.29) is 18.6 Å². The van der Waals surface area contributed by atoms with E-state index in [1.807, 2.05) is 65.8 Å². The summed E-state index contributed by atoms with van der Waals surface area (Å²) in [5.74, 6) is -0.372. The van der Waals surface area contributed by atoms with Crippen molar-refractivity contribution >= 4 is 29.0 Å². The average molecular weight is 534 g/mol. The van der Waals surface area contributed by atoms with Gasteiger partial charge in [-0.05, 0) is 77.6 Å². The topological polar surface area (TPSA) is 99.1 Å². The fraction of sp³-hybridized carbons (Fsp3) is 0.433. The zero-order chi connectivity index (χ0) is 28.3. The molecule has 0 saturated heterocycles. The molecule has 5 rings (SSSR count). The predicted molar refractivity (Wildman–Crippen MR) is 146 cm³/mol. The second-order valence-electron chi connectivity index (χ2n) is 12.2. The van der Waals surface area contributed by atoms with Crippen molar-refractivity contribution < 1.29 is 28.7 Å². The Kier molecular flexibility index (Phi) is 6.25. The van der Waals surface area contributed by atoms with Crippen molar-refractivity contribution in [1.29, 1.82) is 0 Å². The molecule has 9 heteroatoms. The molecule has 1 aliphatic carbocycles. The SMILES string of the molecule is CN(C(=O)OC(C)(C)C)C1(c2ccc(-c3c4c5c(cccc5n3C(=O)OC(C)(C)C)C(=O)NOC4)cc2)CC1. The average Bonchev–Trinajstić information content (AvgIpc) is 3.60. The van der Waals surface area contributed by atoms with Gasteiger partial charge in [0.1, 0.15) is 17.8 Å². The van der Waals surface area contributed by atoms with Crippen molar-refractivity contribution in [2.45, 2.75) is 77.7 Å². The number of ether oxygens (including phenoxy) is 2. The number of aromatic nitrogens is 1. The van der Waals surface area contributed by atoms with E-state index in [0.717, 1.165) is 24.0 Å². The monoisotopic (exact) mass is 533 g/mol. The molecule has 2 heterocycles. The van der Waals surface area contributed by atoms with Crippen LogP contribution >= 0.6 is 0 Å². The van der Waals surface area contributed by atoms with Gasteiger partial charge in [0.05, 0.1) is 22.3 Å². The molecule has 1 aromatic heterocycles. The maximum absolute atomic E-state index is 13.6. The maximum Gasteiger partial charge on any atom is 0.419 e. The molecular formula is C30H35N3O6. The van der Waals surface area contributed by atoms with Gasteiger partial charge in [-0.25, -0.2) is 19.6 Å². The van der Waals surface area contributed by atoms with Gasteiger partial charge in [-0.15, -0.1) is 0 Å². The maximum atomic E-state index is 13.6. The summed E-state index contributed by atoms with van der Waals surface area (Å²) in [4.78, 5) is 46.3. The first-order chi connectivity index (χ1) is 18.2. The van der Waals surface area contributed by atoms with Crippen LogP contribution in [0.3, 0.4) is 0 Å². The van der Waals surface area contributed by atoms with E-state index in [0.29, 0.717) is 27.7 Å². The predicted octanol–water partition coefficient (Wildman–Crippen LogP) is 6.12. The van der Waals surface area contributed by atoms with Gasteiger partial charge in [0, 0.05) is 18.0 Å². The molecule has 0 unspecified atom stereocenters. The minimum atomic E-state index is -0.720. The van der Waals surface area contributed by atoms with Crippen molar-refractivity contribution in [1.82, 2.24) is 14.9 Å². The molecular weight excluding hydrogens is 498 g/mol. The number of carbonyl (C=O) groups is 3. The number of benzene rings is 2. The number of amides is 2. The first-order valence-corrected chi connectivity index (χ1v) is 13.1. The number of rotatable bonds is 3. The number of hydrogen-bond acceptors (Lipinski definition) is 6. The molecule has 1 aliphatic heterocycles. The Morgan fingerprint density at radius 3 is 2.21 bits per heavy atom. The Bertz CT molecular complexity index is 1470. The number of nitrogens with one attached hydrogen (secondary N) is 1. The van der Waals surface area contributed by atoms with E-state index in [4.69, 9.17) is 14.3 Å². The molecule has 1 saturated carbocycles. The second kappa shape index (κ2) is 9.12. The molecule has 1 N–H and O–H groups in total. The lowest BCUT2D eigenvalue weighted by Gasteiger charge is -2.31. The highest BCUT2D eigenvalue weighted by Gasteiger charge is 2.51. The molecule has 0 atom stereocenters. The molecule has 39 heavy (non-hydrogen) atoms. The largest absolute Gasteiger partial charge is 0.444 e. The minimum Gasteiger partial charge on any atom is -0.444 e. The Balaban J connectivity index is 1.61. The quantitative estimate of drug-likeness (QED) is 0.435. The van der Waals surface area contributed by atoms with Crippen molar-refractivity contribution in [2.24, 2.45) is 0 Å². The molecule has 1 fully saturated rings. The summed E-state index contributed by atoms with van der Waals surface area (Å²) in [5, 5.41) is 0.653. The molecule has 0 radical (unpaired) electrons. The zero-order valence-electron chi connectivity index (χ0n) is 23.5. The number of hydrogen-bond donors (Lipinski definition) is 1. The van der Waals surface area contributed by atoms with Crippen LogP contribution in [0.1, 0.15) is 75.9 Å². The number of hydroxylamine groups is 1. The third-order valence-electron chi connectivity index (χ3n) is 7.03. The van der Waals surface area contributed by atoms with Gasteiger partial charge in [-0.3, -0.25) is 9.63 Å². The molecule has 0 spiro atoms. The lowest BCUT2D eigenvalue weighted by atomic mass is 9.98. The van der Waals surface area contributed by atoms with Crippen LogP contribution in [0.5, 0.6) is 0 Å². The Hall–Kier alpha value is -3.85. The molecule has 2 aliphatic rings.